The number of carbonyl (C=O) groups excluding carboxylic acids is 2. The number of anilines is 1. The third-order valence-electron chi connectivity index (χ3n) is 8.44. The minimum absolute atomic E-state index is 0.0641. The molecule has 0 spiro atoms. The van der Waals surface area contributed by atoms with Gasteiger partial charge in [-0.1, -0.05) is 51.1 Å². The molecule has 3 atom stereocenters. The van der Waals surface area contributed by atoms with Gasteiger partial charge in [-0.15, -0.1) is 0 Å². The van der Waals surface area contributed by atoms with E-state index < -0.39 is 0 Å². The van der Waals surface area contributed by atoms with Gasteiger partial charge in [0, 0.05) is 41.5 Å². The van der Waals surface area contributed by atoms with E-state index in [-0.39, 0.29) is 34.6 Å². The molecule has 2 aliphatic heterocycles. The van der Waals surface area contributed by atoms with E-state index in [1.807, 2.05) is 48.5 Å². The van der Waals surface area contributed by atoms with E-state index in [0.717, 1.165) is 42.6 Å². The van der Waals surface area contributed by atoms with Crippen LogP contribution in [0.25, 0.3) is 0 Å². The van der Waals surface area contributed by atoms with Gasteiger partial charge in [0.1, 0.15) is 12.0 Å². The maximum absolute atomic E-state index is 13.5. The van der Waals surface area contributed by atoms with Gasteiger partial charge in [0.15, 0.2) is 0 Å². The Morgan fingerprint density at radius 1 is 0.974 bits per heavy atom. The van der Waals surface area contributed by atoms with Gasteiger partial charge >= 0.3 is 0 Å². The number of hydrogen-bond donors (Lipinski definition) is 1. The molecule has 3 aromatic rings. The van der Waals surface area contributed by atoms with E-state index in [9.17, 15) is 14.0 Å². The summed E-state index contributed by atoms with van der Waals surface area (Å²) in [6.07, 6.45) is 2.91. The third kappa shape index (κ3) is 4.46. The van der Waals surface area contributed by atoms with Crippen molar-refractivity contribution < 1.29 is 14.0 Å². The van der Waals surface area contributed by atoms with E-state index in [2.05, 4.69) is 31.0 Å². The second kappa shape index (κ2) is 8.97. The molecule has 5 nitrogen and oxygen atoms in total. The zero-order valence-electron chi connectivity index (χ0n) is 22.2. The summed E-state index contributed by atoms with van der Waals surface area (Å²) in [5.74, 6) is -0.266. The zero-order chi connectivity index (χ0) is 26.7. The van der Waals surface area contributed by atoms with E-state index >= 15 is 0 Å². The van der Waals surface area contributed by atoms with Crippen LogP contribution in [0.2, 0.25) is 0 Å². The highest BCUT2D eigenvalue weighted by Crippen LogP contribution is 2.52. The quantitative estimate of drug-likeness (QED) is 0.418. The molecule has 2 amide bonds. The first kappa shape index (κ1) is 24.7. The number of nitrogens with one attached hydrogen (secondary N) is 1. The normalized spacial score (nSPS) is 25.4. The average molecular weight is 512 g/mol. The molecule has 3 unspecified atom stereocenters. The van der Waals surface area contributed by atoms with Crippen LogP contribution in [0, 0.1) is 16.6 Å². The lowest BCUT2D eigenvalue weighted by atomic mass is 9.65. The van der Waals surface area contributed by atoms with Crippen LogP contribution in [0.1, 0.15) is 78.0 Å². The summed E-state index contributed by atoms with van der Waals surface area (Å²) in [6, 6.07) is 21.7. The number of fused-ring (bicyclic) bond motifs is 3. The number of likely N-dealkylation sites (tertiary alicyclic amines) is 1. The van der Waals surface area contributed by atoms with Crippen molar-refractivity contribution in [1.82, 2.24) is 9.80 Å². The summed E-state index contributed by atoms with van der Waals surface area (Å²) >= 11 is 0. The number of halogens is 1. The predicted octanol–water partition coefficient (Wildman–Crippen LogP) is 6.63. The van der Waals surface area contributed by atoms with Crippen LogP contribution < -0.4 is 5.32 Å². The molecule has 1 saturated carbocycles. The van der Waals surface area contributed by atoms with E-state index in [1.165, 1.54) is 12.1 Å². The Balaban J connectivity index is 1.21. The van der Waals surface area contributed by atoms with Crippen molar-refractivity contribution in [2.45, 2.75) is 58.8 Å². The average Bonchev–Trinajstić information content (AvgIpc) is 3.29. The smallest absolute Gasteiger partial charge is 0.256 e. The van der Waals surface area contributed by atoms with E-state index in [0.29, 0.717) is 23.7 Å². The number of carbonyl (C=O) groups is 2. The molecule has 38 heavy (non-hydrogen) atoms. The molecule has 3 aliphatic rings. The summed E-state index contributed by atoms with van der Waals surface area (Å²) in [5, 5.41) is 3.50. The molecule has 2 heterocycles. The van der Waals surface area contributed by atoms with Crippen LogP contribution in [0.5, 0.6) is 0 Å². The molecule has 1 N–H and O–H groups in total. The molecule has 2 bridgehead atoms. The highest BCUT2D eigenvalue weighted by atomic mass is 19.1. The van der Waals surface area contributed by atoms with Gasteiger partial charge in [-0.25, -0.2) is 4.39 Å². The molecule has 196 valence electrons. The van der Waals surface area contributed by atoms with Crippen molar-refractivity contribution in [3.8, 4) is 0 Å². The summed E-state index contributed by atoms with van der Waals surface area (Å²) in [7, 11) is 0. The fraction of sp³-hybridized carbons (Fsp3) is 0.375. The summed E-state index contributed by atoms with van der Waals surface area (Å²) < 4.78 is 13.4. The van der Waals surface area contributed by atoms with Gasteiger partial charge in [-0.2, -0.15) is 0 Å². The first-order valence-electron chi connectivity index (χ1n) is 13.4. The second-order valence-corrected chi connectivity index (χ2v) is 12.4. The lowest BCUT2D eigenvalue weighted by molar-refractivity contribution is 0.0706. The molecule has 0 aromatic heterocycles. The molecule has 6 rings (SSSR count). The van der Waals surface area contributed by atoms with Crippen molar-refractivity contribution in [2.75, 3.05) is 11.9 Å². The SMILES string of the molecule is CC1(C)CC2CC(C)(CN2C(=O)c2ccc(NC3c4ccccc4C(=O)N3Cc3ccc(F)cc3)cc2)C1. The third-order valence-corrected chi connectivity index (χ3v) is 8.44. The van der Waals surface area contributed by atoms with Crippen LogP contribution in [-0.2, 0) is 6.54 Å². The van der Waals surface area contributed by atoms with Crippen molar-refractivity contribution in [2.24, 2.45) is 10.8 Å². The minimum Gasteiger partial charge on any atom is -0.361 e. The topological polar surface area (TPSA) is 52.7 Å². The van der Waals surface area contributed by atoms with Crippen LogP contribution in [0.15, 0.2) is 72.8 Å². The first-order chi connectivity index (χ1) is 18.1. The molecule has 2 fully saturated rings. The van der Waals surface area contributed by atoms with E-state index in [1.54, 1.807) is 17.0 Å². The molecule has 1 aliphatic carbocycles. The number of amides is 2. The zero-order valence-corrected chi connectivity index (χ0v) is 22.2. The lowest BCUT2D eigenvalue weighted by Gasteiger charge is -2.39. The fourth-order valence-corrected chi connectivity index (χ4v) is 7.21. The summed E-state index contributed by atoms with van der Waals surface area (Å²) in [6.45, 7) is 8.13. The van der Waals surface area contributed by atoms with Gasteiger partial charge in [0.2, 0.25) is 0 Å². The highest BCUT2D eigenvalue weighted by molar-refractivity contribution is 5.99. The lowest BCUT2D eigenvalue weighted by Crippen LogP contribution is -2.37. The van der Waals surface area contributed by atoms with Gasteiger partial charge in [0.25, 0.3) is 11.8 Å². The number of hydrogen-bond acceptors (Lipinski definition) is 3. The monoisotopic (exact) mass is 511 g/mol. The number of rotatable bonds is 5. The van der Waals surface area contributed by atoms with Crippen LogP contribution in [-0.4, -0.2) is 34.2 Å². The molecular weight excluding hydrogens is 477 g/mol. The van der Waals surface area contributed by atoms with E-state index in [4.69, 9.17) is 0 Å². The molecular formula is C32H34FN3O2. The van der Waals surface area contributed by atoms with Gasteiger partial charge in [-0.3, -0.25) is 9.59 Å². The second-order valence-electron chi connectivity index (χ2n) is 12.4. The van der Waals surface area contributed by atoms with Crippen LogP contribution in [0.4, 0.5) is 10.1 Å². The van der Waals surface area contributed by atoms with Crippen LogP contribution >= 0.6 is 0 Å². The van der Waals surface area contributed by atoms with Crippen molar-refractivity contribution in [3.05, 3.63) is 101 Å². The van der Waals surface area contributed by atoms with Crippen molar-refractivity contribution in [3.63, 3.8) is 0 Å². The van der Waals surface area contributed by atoms with Gasteiger partial charge < -0.3 is 15.1 Å². The maximum atomic E-state index is 13.5. The van der Waals surface area contributed by atoms with Gasteiger partial charge in [-0.05, 0) is 78.1 Å². The standard InChI is InChI=1S/C32H34FN3O2/c1-31(2)16-25-17-32(3,19-31)20-36(25)29(37)22-10-14-24(15-11-22)34-28-26-6-4-5-7-27(26)30(38)35(28)18-21-8-12-23(33)13-9-21/h4-15,25,28,34H,16-20H2,1-3H3. The predicted molar refractivity (Wildman–Crippen MR) is 146 cm³/mol. The minimum atomic E-state index is -0.370. The summed E-state index contributed by atoms with van der Waals surface area (Å²) in [5.41, 5.74) is 4.39. The number of benzene rings is 3. The summed E-state index contributed by atoms with van der Waals surface area (Å²) in [4.78, 5) is 30.7. The fourth-order valence-electron chi connectivity index (χ4n) is 7.21. The van der Waals surface area contributed by atoms with Crippen molar-refractivity contribution >= 4 is 17.5 Å². The Kier molecular flexibility index (Phi) is 5.82. The molecule has 1 saturated heterocycles. The number of nitrogens with zero attached hydrogens (tertiary/aromatic N) is 2. The van der Waals surface area contributed by atoms with Crippen LogP contribution in [0.3, 0.4) is 0 Å². The first-order valence-corrected chi connectivity index (χ1v) is 13.4. The Morgan fingerprint density at radius 2 is 1.68 bits per heavy atom. The van der Waals surface area contributed by atoms with Crippen molar-refractivity contribution in [1.29, 1.82) is 0 Å². The molecule has 3 aromatic carbocycles. The highest BCUT2D eigenvalue weighted by Gasteiger charge is 2.51. The Bertz CT molecular complexity index is 1380. The Labute approximate surface area is 223 Å². The molecule has 6 heteroatoms. The maximum Gasteiger partial charge on any atom is 0.256 e. The Morgan fingerprint density at radius 3 is 2.42 bits per heavy atom. The Hall–Kier alpha value is -3.67. The molecule has 0 radical (unpaired) electrons. The van der Waals surface area contributed by atoms with Gasteiger partial charge in [0.05, 0.1) is 0 Å². The largest absolute Gasteiger partial charge is 0.361 e.